The van der Waals surface area contributed by atoms with E-state index >= 15 is 0 Å². The van der Waals surface area contributed by atoms with E-state index in [0.29, 0.717) is 5.56 Å². The van der Waals surface area contributed by atoms with Crippen molar-refractivity contribution in [3.63, 3.8) is 0 Å². The molecule has 0 atom stereocenters. The average Bonchev–Trinajstić information content (AvgIpc) is 2.86. The lowest BCUT2D eigenvalue weighted by atomic mass is 10.0. The van der Waals surface area contributed by atoms with Crippen molar-refractivity contribution in [1.29, 1.82) is 5.26 Å². The van der Waals surface area contributed by atoms with Gasteiger partial charge in [0.15, 0.2) is 0 Å². The third-order valence-electron chi connectivity index (χ3n) is 5.56. The number of nitrogens with zero attached hydrogens (tertiary/aromatic N) is 1. The normalized spacial score (nSPS) is 9.82. The SMILES string of the molecule is CCCCCC#CC#CCCCCCCCCCOc1ccc(-c2ccc(C#N)cc2)cc1. The van der Waals surface area contributed by atoms with Gasteiger partial charge in [0.05, 0.1) is 18.2 Å². The zero-order chi connectivity index (χ0) is 23.4. The van der Waals surface area contributed by atoms with Gasteiger partial charge in [-0.15, -0.1) is 0 Å². The number of hydrogen-bond donors (Lipinski definition) is 0. The van der Waals surface area contributed by atoms with E-state index < -0.39 is 0 Å². The third-order valence-corrected chi connectivity index (χ3v) is 5.56. The molecule has 2 heteroatoms. The molecule has 0 fully saturated rings. The lowest BCUT2D eigenvalue weighted by Crippen LogP contribution is -1.97. The minimum Gasteiger partial charge on any atom is -0.494 e. The molecular weight excluding hydrogens is 402 g/mol. The Labute approximate surface area is 201 Å². The van der Waals surface area contributed by atoms with E-state index in [1.165, 1.54) is 57.8 Å². The molecule has 0 aliphatic rings. The summed E-state index contributed by atoms with van der Waals surface area (Å²) in [4.78, 5) is 0. The molecule has 0 aliphatic heterocycles. The van der Waals surface area contributed by atoms with Gasteiger partial charge < -0.3 is 4.74 Å². The Hall–Kier alpha value is -3.15. The van der Waals surface area contributed by atoms with Crippen LogP contribution in [0.15, 0.2) is 48.5 Å². The molecule has 0 unspecified atom stereocenters. The summed E-state index contributed by atoms with van der Waals surface area (Å²) in [7, 11) is 0. The maximum Gasteiger partial charge on any atom is 0.119 e. The summed E-state index contributed by atoms with van der Waals surface area (Å²) < 4.78 is 5.88. The highest BCUT2D eigenvalue weighted by molar-refractivity contribution is 5.64. The predicted octanol–water partition coefficient (Wildman–Crippen LogP) is 8.31. The van der Waals surface area contributed by atoms with Crippen LogP contribution in [-0.2, 0) is 0 Å². The van der Waals surface area contributed by atoms with Crippen LogP contribution >= 0.6 is 0 Å². The molecule has 0 bridgehead atoms. The van der Waals surface area contributed by atoms with Gasteiger partial charge in [-0.2, -0.15) is 5.26 Å². The van der Waals surface area contributed by atoms with Gasteiger partial charge >= 0.3 is 0 Å². The molecule has 0 radical (unpaired) electrons. The molecule has 2 aromatic rings. The summed E-state index contributed by atoms with van der Waals surface area (Å²) in [6.07, 6.45) is 14.3. The first-order valence-corrected chi connectivity index (χ1v) is 12.5. The minimum atomic E-state index is 0.683. The summed E-state index contributed by atoms with van der Waals surface area (Å²) in [6, 6.07) is 18.0. The van der Waals surface area contributed by atoms with Crippen LogP contribution in [0.5, 0.6) is 5.75 Å². The number of benzene rings is 2. The van der Waals surface area contributed by atoms with Gasteiger partial charge in [0.1, 0.15) is 5.75 Å². The molecule has 172 valence electrons. The molecule has 33 heavy (non-hydrogen) atoms. The first-order chi connectivity index (χ1) is 16.3. The first kappa shape index (κ1) is 26.1. The highest BCUT2D eigenvalue weighted by atomic mass is 16.5. The largest absolute Gasteiger partial charge is 0.494 e. The maximum absolute atomic E-state index is 8.90. The van der Waals surface area contributed by atoms with Crippen LogP contribution in [0.3, 0.4) is 0 Å². The van der Waals surface area contributed by atoms with Gasteiger partial charge in [0.25, 0.3) is 0 Å². The summed E-state index contributed by atoms with van der Waals surface area (Å²) in [6.45, 7) is 2.98. The number of ether oxygens (including phenoxy) is 1. The Bertz CT molecular complexity index is 943. The molecule has 2 rings (SSSR count). The van der Waals surface area contributed by atoms with Gasteiger partial charge in [-0.25, -0.2) is 0 Å². The van der Waals surface area contributed by atoms with Crippen molar-refractivity contribution in [2.75, 3.05) is 6.61 Å². The Morgan fingerprint density at radius 3 is 1.73 bits per heavy atom. The van der Waals surface area contributed by atoms with Crippen molar-refractivity contribution in [3.05, 3.63) is 54.1 Å². The summed E-state index contributed by atoms with van der Waals surface area (Å²) >= 11 is 0. The fourth-order valence-electron chi connectivity index (χ4n) is 3.55. The molecule has 0 saturated heterocycles. The van der Waals surface area contributed by atoms with E-state index in [1.807, 2.05) is 36.4 Å². The molecule has 0 heterocycles. The van der Waals surface area contributed by atoms with Crippen LogP contribution in [0.25, 0.3) is 11.1 Å². The number of rotatable bonds is 14. The zero-order valence-corrected chi connectivity index (χ0v) is 20.2. The van der Waals surface area contributed by atoms with Gasteiger partial charge in [0.2, 0.25) is 0 Å². The predicted molar refractivity (Wildman–Crippen MR) is 139 cm³/mol. The van der Waals surface area contributed by atoms with E-state index in [9.17, 15) is 0 Å². The van der Waals surface area contributed by atoms with Gasteiger partial charge in [0, 0.05) is 12.8 Å². The standard InChI is InChI=1S/C31H37NO/c1-2-3-4-5-6-7-8-9-10-11-12-13-14-15-16-17-26-33-31-24-22-30(23-25-31)29-20-18-28(27-32)19-21-29/h18-25H,2-5,10-17,26H2,1H3. The Balaban J connectivity index is 1.46. The van der Waals surface area contributed by atoms with E-state index in [4.69, 9.17) is 10.00 Å². The van der Waals surface area contributed by atoms with Crippen molar-refractivity contribution >= 4 is 0 Å². The van der Waals surface area contributed by atoms with Crippen LogP contribution < -0.4 is 4.74 Å². The zero-order valence-electron chi connectivity index (χ0n) is 20.2. The molecule has 0 amide bonds. The highest BCUT2D eigenvalue weighted by Gasteiger charge is 2.00. The number of unbranched alkanes of at least 4 members (excludes halogenated alkanes) is 10. The van der Waals surface area contributed by atoms with Crippen molar-refractivity contribution in [1.82, 2.24) is 0 Å². The van der Waals surface area contributed by atoms with Crippen molar-refractivity contribution in [2.45, 2.75) is 84.0 Å². The lowest BCUT2D eigenvalue weighted by Gasteiger charge is -2.08. The monoisotopic (exact) mass is 439 g/mol. The summed E-state index contributed by atoms with van der Waals surface area (Å²) in [5.74, 6) is 13.2. The lowest BCUT2D eigenvalue weighted by molar-refractivity contribution is 0.304. The average molecular weight is 440 g/mol. The first-order valence-electron chi connectivity index (χ1n) is 12.5. The van der Waals surface area contributed by atoms with Gasteiger partial charge in [-0.3, -0.25) is 0 Å². The smallest absolute Gasteiger partial charge is 0.119 e. The second kappa shape index (κ2) is 17.4. The van der Waals surface area contributed by atoms with E-state index in [1.54, 1.807) is 0 Å². The molecule has 0 N–H and O–H groups in total. The Kier molecular flexibility index (Phi) is 13.8. The summed E-state index contributed by atoms with van der Waals surface area (Å²) in [5.41, 5.74) is 2.93. The van der Waals surface area contributed by atoms with Crippen LogP contribution in [0.1, 0.15) is 89.5 Å². The van der Waals surface area contributed by atoms with Crippen LogP contribution in [0.4, 0.5) is 0 Å². The van der Waals surface area contributed by atoms with Gasteiger partial charge in [-0.1, -0.05) is 88.0 Å². The van der Waals surface area contributed by atoms with E-state index in [-0.39, 0.29) is 0 Å². The van der Waals surface area contributed by atoms with Crippen LogP contribution in [0.2, 0.25) is 0 Å². The molecule has 2 nitrogen and oxygen atoms in total. The fourth-order valence-corrected chi connectivity index (χ4v) is 3.55. The fraction of sp³-hybridized carbons (Fsp3) is 0.452. The quantitative estimate of drug-likeness (QED) is 0.219. The summed E-state index contributed by atoms with van der Waals surface area (Å²) in [5, 5.41) is 8.90. The van der Waals surface area contributed by atoms with Crippen molar-refractivity contribution in [2.24, 2.45) is 0 Å². The molecule has 2 aromatic carbocycles. The van der Waals surface area contributed by atoms with Gasteiger partial charge in [-0.05, 0) is 66.5 Å². The second-order valence-electron chi connectivity index (χ2n) is 8.35. The minimum absolute atomic E-state index is 0.683. The van der Waals surface area contributed by atoms with Crippen LogP contribution in [-0.4, -0.2) is 6.61 Å². The Morgan fingerprint density at radius 1 is 0.636 bits per heavy atom. The van der Waals surface area contributed by atoms with E-state index in [2.05, 4.69) is 48.8 Å². The molecular formula is C31H37NO. The van der Waals surface area contributed by atoms with Crippen molar-refractivity contribution < 1.29 is 4.74 Å². The van der Waals surface area contributed by atoms with E-state index in [0.717, 1.165) is 42.7 Å². The third kappa shape index (κ3) is 11.9. The maximum atomic E-state index is 8.90. The van der Waals surface area contributed by atoms with Crippen molar-refractivity contribution in [3.8, 4) is 46.6 Å². The van der Waals surface area contributed by atoms with Crippen LogP contribution in [0, 0.1) is 35.0 Å². The second-order valence-corrected chi connectivity index (χ2v) is 8.35. The topological polar surface area (TPSA) is 33.0 Å². The molecule has 0 saturated carbocycles. The Morgan fingerprint density at radius 2 is 1.15 bits per heavy atom. The number of nitriles is 1. The number of hydrogen-bond acceptors (Lipinski definition) is 2. The highest BCUT2D eigenvalue weighted by Crippen LogP contribution is 2.23. The molecule has 0 spiro atoms. The molecule has 0 aliphatic carbocycles. The molecule has 0 aromatic heterocycles.